The molecule has 0 aliphatic heterocycles. The molecule has 1 heteroatoms. The van der Waals surface area contributed by atoms with Crippen LogP contribution in [0.5, 0.6) is 0 Å². The first-order chi connectivity index (χ1) is 7.33. The van der Waals surface area contributed by atoms with E-state index in [1.165, 1.54) is 72.3 Å². The molecule has 0 saturated carbocycles. The number of hydrogen-bond donors (Lipinski definition) is 0. The molecule has 0 bridgehead atoms. The van der Waals surface area contributed by atoms with E-state index in [2.05, 4.69) is 27.7 Å². The van der Waals surface area contributed by atoms with E-state index in [0.717, 1.165) is 0 Å². The summed E-state index contributed by atoms with van der Waals surface area (Å²) in [6.45, 7) is 8.99. The van der Waals surface area contributed by atoms with Crippen LogP contribution in [-0.4, -0.2) is 12.3 Å². The van der Waals surface area contributed by atoms with Crippen molar-refractivity contribution < 1.29 is 0 Å². The molecule has 0 spiro atoms. The van der Waals surface area contributed by atoms with Crippen molar-refractivity contribution in [1.29, 1.82) is 0 Å². The lowest BCUT2D eigenvalue weighted by Crippen LogP contribution is -1.77. The van der Waals surface area contributed by atoms with Crippen LogP contribution >= 0.6 is 8.58 Å². The second-order valence-corrected chi connectivity index (χ2v) is 5.99. The Morgan fingerprint density at radius 1 is 0.533 bits per heavy atom. The Labute approximate surface area is 100 Å². The highest BCUT2D eigenvalue weighted by Crippen LogP contribution is 2.07. The molecule has 0 fully saturated rings. The van der Waals surface area contributed by atoms with Crippen LogP contribution in [0.15, 0.2) is 0 Å². The van der Waals surface area contributed by atoms with Gasteiger partial charge in [0.1, 0.15) is 0 Å². The number of rotatable bonds is 9. The zero-order chi connectivity index (χ0) is 11.8. The molecular weight excluding hydrogens is 199 g/mol. The van der Waals surface area contributed by atoms with E-state index in [1.807, 2.05) is 0 Å². The largest absolute Gasteiger partial charge is 0.123 e. The van der Waals surface area contributed by atoms with Crippen LogP contribution in [0.3, 0.4) is 0 Å². The maximum atomic E-state index is 2.27. The van der Waals surface area contributed by atoms with Gasteiger partial charge in [0.2, 0.25) is 0 Å². The van der Waals surface area contributed by atoms with Gasteiger partial charge in [0, 0.05) is 0 Å². The first kappa shape index (κ1) is 17.8. The molecule has 0 radical (unpaired) electrons. The lowest BCUT2D eigenvalue weighted by molar-refractivity contribution is 0.585. The fourth-order valence-electron chi connectivity index (χ4n) is 1.46. The third kappa shape index (κ3) is 25.1. The van der Waals surface area contributed by atoms with Crippen molar-refractivity contribution in [2.45, 2.75) is 79.1 Å². The minimum absolute atomic E-state index is 1.20. The molecule has 15 heavy (non-hydrogen) atoms. The van der Waals surface area contributed by atoms with Gasteiger partial charge in [-0.25, -0.2) is 0 Å². The average Bonchev–Trinajstić information content (AvgIpc) is 2.25. The Balaban J connectivity index is 0. The molecule has 0 aliphatic rings. The predicted molar refractivity (Wildman–Crippen MR) is 77.7 cm³/mol. The maximum absolute atomic E-state index is 2.27. The molecule has 0 atom stereocenters. The van der Waals surface area contributed by atoms with Crippen molar-refractivity contribution in [2.24, 2.45) is 0 Å². The van der Waals surface area contributed by atoms with Gasteiger partial charge in [0.15, 0.2) is 0 Å². The van der Waals surface area contributed by atoms with E-state index < -0.39 is 0 Å². The molecular formula is C14H33P. The molecule has 0 saturated heterocycles. The first-order valence-corrected chi connectivity index (χ1v) is 8.45. The van der Waals surface area contributed by atoms with Gasteiger partial charge in [0.05, 0.1) is 0 Å². The van der Waals surface area contributed by atoms with Gasteiger partial charge < -0.3 is 0 Å². The summed E-state index contributed by atoms with van der Waals surface area (Å²) in [4.78, 5) is 0. The predicted octanol–water partition coefficient (Wildman–Crippen LogP) is 5.85. The highest BCUT2D eigenvalue weighted by atomic mass is 31.1. The molecule has 0 aliphatic carbocycles. The molecule has 0 nitrogen and oxygen atoms in total. The van der Waals surface area contributed by atoms with E-state index in [1.54, 1.807) is 0 Å². The summed E-state index contributed by atoms with van der Waals surface area (Å²) in [6.07, 6.45) is 14.2. The summed E-state index contributed by atoms with van der Waals surface area (Å²) in [5, 5.41) is 0. The zero-order valence-electron chi connectivity index (χ0n) is 11.6. The molecule has 0 heterocycles. The van der Waals surface area contributed by atoms with Crippen molar-refractivity contribution in [2.75, 3.05) is 12.3 Å². The van der Waals surface area contributed by atoms with E-state index in [0.29, 0.717) is 0 Å². The average molecular weight is 232 g/mol. The maximum Gasteiger partial charge on any atom is -0.0382 e. The van der Waals surface area contributed by atoms with E-state index in [4.69, 9.17) is 0 Å². The normalized spacial score (nSPS) is 9.60. The second kappa shape index (κ2) is 19.9. The van der Waals surface area contributed by atoms with Crippen LogP contribution in [-0.2, 0) is 0 Å². The van der Waals surface area contributed by atoms with Crippen LogP contribution < -0.4 is 0 Å². The topological polar surface area (TPSA) is 0 Å². The molecule has 0 N–H and O–H groups in total. The Hall–Kier alpha value is 0.430. The third-order valence-electron chi connectivity index (χ3n) is 2.46. The Bertz CT molecular complexity index is 71.4. The highest BCUT2D eigenvalue weighted by Gasteiger charge is 1.87. The van der Waals surface area contributed by atoms with Crippen molar-refractivity contribution in [3.05, 3.63) is 0 Å². The SMILES string of the molecule is CCCCCCCCCC.CCPCC. The minimum atomic E-state index is 1.20. The Kier molecular flexibility index (Phi) is 23.7. The van der Waals surface area contributed by atoms with Gasteiger partial charge >= 0.3 is 0 Å². The summed E-state index contributed by atoms with van der Waals surface area (Å²) >= 11 is 0. The Morgan fingerprint density at radius 3 is 1.07 bits per heavy atom. The van der Waals surface area contributed by atoms with Gasteiger partial charge in [0.25, 0.3) is 0 Å². The fraction of sp³-hybridized carbons (Fsp3) is 1.00. The third-order valence-corrected chi connectivity index (χ3v) is 3.46. The summed E-state index contributed by atoms with van der Waals surface area (Å²) in [6, 6.07) is 0. The van der Waals surface area contributed by atoms with Crippen molar-refractivity contribution in [3.8, 4) is 0 Å². The molecule has 0 aromatic carbocycles. The van der Waals surface area contributed by atoms with E-state index in [-0.39, 0.29) is 0 Å². The zero-order valence-corrected chi connectivity index (χ0v) is 12.6. The van der Waals surface area contributed by atoms with Crippen molar-refractivity contribution in [1.82, 2.24) is 0 Å². The Morgan fingerprint density at radius 2 is 0.867 bits per heavy atom. The van der Waals surface area contributed by atoms with Crippen LogP contribution in [0.4, 0.5) is 0 Å². The first-order valence-electron chi connectivity index (χ1n) is 7.04. The highest BCUT2D eigenvalue weighted by molar-refractivity contribution is 7.37. The molecule has 0 unspecified atom stereocenters. The van der Waals surface area contributed by atoms with E-state index in [9.17, 15) is 0 Å². The van der Waals surface area contributed by atoms with Crippen molar-refractivity contribution >= 4 is 8.58 Å². The van der Waals surface area contributed by atoms with Crippen LogP contribution in [0, 0.1) is 0 Å². The lowest BCUT2D eigenvalue weighted by Gasteiger charge is -1.97. The quantitative estimate of drug-likeness (QED) is 0.345. The number of hydrogen-bond acceptors (Lipinski definition) is 0. The number of unbranched alkanes of at least 4 members (excludes halogenated alkanes) is 7. The summed E-state index contributed by atoms with van der Waals surface area (Å²) in [7, 11) is 1.20. The summed E-state index contributed by atoms with van der Waals surface area (Å²) in [5.41, 5.74) is 0. The van der Waals surface area contributed by atoms with Gasteiger partial charge in [-0.3, -0.25) is 0 Å². The molecule has 0 aromatic rings. The van der Waals surface area contributed by atoms with E-state index >= 15 is 0 Å². The lowest BCUT2D eigenvalue weighted by atomic mass is 10.1. The second-order valence-electron chi connectivity index (χ2n) is 4.08. The van der Waals surface area contributed by atoms with Gasteiger partial charge in [-0.2, -0.15) is 0 Å². The molecule has 0 amide bonds. The van der Waals surface area contributed by atoms with Crippen LogP contribution in [0.25, 0.3) is 0 Å². The molecule has 0 aromatic heterocycles. The van der Waals surface area contributed by atoms with Gasteiger partial charge in [-0.1, -0.05) is 79.1 Å². The minimum Gasteiger partial charge on any atom is -0.123 e. The van der Waals surface area contributed by atoms with Crippen LogP contribution in [0.2, 0.25) is 0 Å². The molecule has 0 rings (SSSR count). The summed E-state index contributed by atoms with van der Waals surface area (Å²) in [5.74, 6) is 0. The standard InChI is InChI=1S/C10H22.C4H11P/c1-3-5-7-9-10-8-6-4-2;1-3-5-4-2/h3-10H2,1-2H3;5H,3-4H2,1-2H3. The van der Waals surface area contributed by atoms with Gasteiger partial charge in [-0.05, 0) is 12.3 Å². The van der Waals surface area contributed by atoms with Crippen molar-refractivity contribution in [3.63, 3.8) is 0 Å². The summed E-state index contributed by atoms with van der Waals surface area (Å²) < 4.78 is 0. The molecule has 94 valence electrons. The van der Waals surface area contributed by atoms with Gasteiger partial charge in [-0.15, -0.1) is 8.58 Å². The monoisotopic (exact) mass is 232 g/mol. The van der Waals surface area contributed by atoms with Crippen LogP contribution in [0.1, 0.15) is 79.1 Å². The fourth-order valence-corrected chi connectivity index (χ4v) is 1.96. The smallest absolute Gasteiger partial charge is 0.0382 e.